The summed E-state index contributed by atoms with van der Waals surface area (Å²) in [6, 6.07) is 8.14. The van der Waals surface area contributed by atoms with Crippen LogP contribution in [0.25, 0.3) is 0 Å². The van der Waals surface area contributed by atoms with Crippen LogP contribution in [0.1, 0.15) is 188 Å². The van der Waals surface area contributed by atoms with Crippen LogP contribution in [0.3, 0.4) is 0 Å². The Labute approximate surface area is 649 Å². The highest BCUT2D eigenvalue weighted by Gasteiger charge is 2.26. The summed E-state index contributed by atoms with van der Waals surface area (Å²) in [5.74, 6) is 6.65. The Kier molecular flexibility index (Phi) is 60.8. The van der Waals surface area contributed by atoms with Gasteiger partial charge >= 0.3 is 0 Å². The van der Waals surface area contributed by atoms with Gasteiger partial charge in [0.05, 0.1) is 52.4 Å². The minimum Gasteiger partial charge on any atom is -0.494 e. The number of likely N-dealkylation sites (tertiary alicyclic amines) is 2. The predicted molar refractivity (Wildman–Crippen MR) is 442 cm³/mol. The number of carbonyl (C=O) groups is 8. The maximum atomic E-state index is 12.3. The quantitative estimate of drug-likeness (QED) is 0.0585. The van der Waals surface area contributed by atoms with Crippen LogP contribution in [-0.4, -0.2) is 327 Å². The average molecular weight is 1500 g/mol. The van der Waals surface area contributed by atoms with Crippen molar-refractivity contribution < 1.29 is 43.1 Å². The average Bonchev–Trinajstić information content (AvgIpc) is 0.875. The number of hydrogen-bond donors (Lipinski definition) is 2. The molecule has 1 unspecified atom stereocenters. The maximum Gasteiger partial charge on any atom is 0.236 e. The molecule has 1 aromatic rings. The molecule has 2 saturated heterocycles. The fraction of sp³-hybridized carbons (Fsp3) is 0.831. The van der Waals surface area contributed by atoms with Gasteiger partial charge in [-0.25, -0.2) is 0 Å². The van der Waals surface area contributed by atoms with Crippen molar-refractivity contribution in [1.82, 2.24) is 69.4 Å². The molecule has 23 heteroatoms. The summed E-state index contributed by atoms with van der Waals surface area (Å²) in [4.78, 5) is 117. The van der Waals surface area contributed by atoms with Gasteiger partial charge in [0.25, 0.3) is 0 Å². The van der Waals surface area contributed by atoms with E-state index in [1.807, 2.05) is 102 Å². The van der Waals surface area contributed by atoms with Gasteiger partial charge in [0.15, 0.2) is 5.78 Å². The number of amides is 7. The molecule has 2 N–H and O–H groups in total. The van der Waals surface area contributed by atoms with Crippen molar-refractivity contribution in [3.05, 3.63) is 29.8 Å². The third-order valence-corrected chi connectivity index (χ3v) is 17.1. The molecule has 1 atom stereocenters. The second-order valence-electron chi connectivity index (χ2n) is 33.5. The lowest BCUT2D eigenvalue weighted by molar-refractivity contribution is -0.135. The number of Topliss-reactive ketones (excluding diaryl/α,β-unsaturated/α-hetero) is 1. The maximum absolute atomic E-state index is 12.3. The number of ketones is 1. The lowest BCUT2D eigenvalue weighted by Crippen LogP contribution is -2.51. The molecule has 0 aromatic heterocycles. The Morgan fingerprint density at radius 1 is 0.491 bits per heavy atom. The number of benzene rings is 1. The standard InChI is InChI=1S/C20H35N3O2.C14H27N3O2.C14H28N2O2.C14H28N2O.C11H24N2O.C10H22N2O/c1-17(2)14-22(5)16-20(24)23(6)15-18-8-10-19(11-9-18)25-13-7-12-21(3)4;1-11(2)8-16(4)10-14(19)17-7-5-6-13(9-17)15-12(3)18;1-11(2)7-13(17)9-16(6)14(18)10-15(5)8-12(3)4;1-5-13-6-8-16(9-7-13)14(17)11-15(4)10-12(2)3;1-6-7-13(8-10(2)3)9-11(14)12(4)5;1-5-6-12(7-9(2)3)8-10(13)11-4/h8-11,17H,7,12-16H2,1-6H3;11,13H,5-10H2,1-4H3,(H,15,18);11-12H,7-10H2,1-6H3;12-13H,5-11H2,1-4H3;10H,6-9H2,1-5H3;9H,5-8H2,1-4H3,(H,11,13). The van der Waals surface area contributed by atoms with E-state index >= 15 is 0 Å². The summed E-state index contributed by atoms with van der Waals surface area (Å²) in [6.45, 7) is 54.7. The van der Waals surface area contributed by atoms with E-state index in [4.69, 9.17) is 4.74 Å². The Morgan fingerprint density at radius 2 is 0.925 bits per heavy atom. The van der Waals surface area contributed by atoms with Crippen LogP contribution in [0, 0.1) is 47.3 Å². The van der Waals surface area contributed by atoms with E-state index in [2.05, 4.69) is 158 Å². The van der Waals surface area contributed by atoms with Crippen molar-refractivity contribution in [2.24, 2.45) is 47.3 Å². The first-order chi connectivity index (χ1) is 49.5. The van der Waals surface area contributed by atoms with E-state index in [1.165, 1.54) is 31.1 Å². The van der Waals surface area contributed by atoms with Gasteiger partial charge in [0.1, 0.15) is 5.75 Å². The first kappa shape index (κ1) is 105. The van der Waals surface area contributed by atoms with Crippen molar-refractivity contribution in [1.29, 1.82) is 0 Å². The molecule has 2 aliphatic rings. The van der Waals surface area contributed by atoms with Crippen LogP contribution >= 0.6 is 0 Å². The molecule has 0 spiro atoms. The SMILES string of the molecule is CC(=O)NC1CCCN(C(=O)CN(C)CC(C)C)C1.CC(C)CC(=O)CN(C)C(=O)CN(C)CC(C)C.CC(C)CN(C)CC(=O)N(C)Cc1ccc(OCCCN(C)C)cc1.CCC1CCN(C(=O)CN(C)CC(C)C)CC1.CCCN(CC(=O)N(C)C)CC(C)C.CCCN(CC(=O)NC)CC(C)C. The number of rotatable bonds is 41. The number of ether oxygens (including phenoxy) is 1. The molecule has 1 aromatic carbocycles. The lowest BCUT2D eigenvalue weighted by atomic mass is 9.94. The van der Waals surface area contributed by atoms with Gasteiger partial charge in [-0.15, -0.1) is 0 Å². The van der Waals surface area contributed by atoms with Crippen molar-refractivity contribution in [3.63, 3.8) is 0 Å². The second-order valence-corrected chi connectivity index (χ2v) is 33.5. The van der Waals surface area contributed by atoms with Gasteiger partial charge < -0.3 is 44.8 Å². The monoisotopic (exact) mass is 1500 g/mol. The van der Waals surface area contributed by atoms with Crippen molar-refractivity contribution in [2.75, 3.05) is 215 Å². The minimum absolute atomic E-state index is 0.00950. The zero-order valence-electron chi connectivity index (χ0n) is 73.5. The van der Waals surface area contributed by atoms with Crippen LogP contribution in [0.15, 0.2) is 24.3 Å². The van der Waals surface area contributed by atoms with Gasteiger partial charge in [-0.2, -0.15) is 0 Å². The number of piperidine rings is 2. The number of nitrogens with zero attached hydrogens (tertiary/aromatic N) is 12. The van der Waals surface area contributed by atoms with E-state index in [0.717, 1.165) is 134 Å². The molecule has 7 amide bonds. The summed E-state index contributed by atoms with van der Waals surface area (Å²) >= 11 is 0. The lowest BCUT2D eigenvalue weighted by Gasteiger charge is -2.34. The molecule has 0 saturated carbocycles. The van der Waals surface area contributed by atoms with Crippen LogP contribution in [0.5, 0.6) is 5.75 Å². The zero-order chi connectivity index (χ0) is 81.8. The van der Waals surface area contributed by atoms with Gasteiger partial charge in [0.2, 0.25) is 41.4 Å². The van der Waals surface area contributed by atoms with Gasteiger partial charge in [-0.1, -0.05) is 136 Å². The van der Waals surface area contributed by atoms with Crippen LogP contribution < -0.4 is 15.4 Å². The highest BCUT2D eigenvalue weighted by molar-refractivity contribution is 5.87. The molecule has 0 radical (unpaired) electrons. The van der Waals surface area contributed by atoms with Gasteiger partial charge in [-0.3, -0.25) is 67.8 Å². The Balaban J connectivity index is -0.00000122. The topological polar surface area (TPSA) is 209 Å². The Morgan fingerprint density at radius 3 is 1.32 bits per heavy atom. The second kappa shape index (κ2) is 61.5. The Hall–Kier alpha value is -5.30. The van der Waals surface area contributed by atoms with E-state index in [1.54, 1.807) is 23.9 Å². The summed E-state index contributed by atoms with van der Waals surface area (Å²) in [6.07, 6.45) is 9.32. The largest absolute Gasteiger partial charge is 0.494 e. The normalized spacial score (nSPS) is 13.9. The molecular formula is C83H164N14O9. The molecular weight excluding hydrogens is 1340 g/mol. The van der Waals surface area contributed by atoms with Crippen LogP contribution in [0.4, 0.5) is 0 Å². The number of nitrogens with one attached hydrogen (secondary N) is 2. The fourth-order valence-electron chi connectivity index (χ4n) is 12.6. The first-order valence-electron chi connectivity index (χ1n) is 40.3. The van der Waals surface area contributed by atoms with Crippen LogP contribution in [0.2, 0.25) is 0 Å². The number of likely N-dealkylation sites (N-methyl/N-ethyl adjacent to an activating group) is 8. The summed E-state index contributed by atoms with van der Waals surface area (Å²) < 4.78 is 5.74. The summed E-state index contributed by atoms with van der Waals surface area (Å²) in [7, 11) is 20.9. The smallest absolute Gasteiger partial charge is 0.236 e. The van der Waals surface area contributed by atoms with Crippen molar-refractivity contribution in [3.8, 4) is 5.75 Å². The molecule has 0 aliphatic carbocycles. The van der Waals surface area contributed by atoms with Crippen molar-refractivity contribution in [2.45, 2.75) is 195 Å². The highest BCUT2D eigenvalue weighted by atomic mass is 16.5. The molecule has 2 aliphatic heterocycles. The third-order valence-electron chi connectivity index (χ3n) is 17.1. The zero-order valence-corrected chi connectivity index (χ0v) is 73.5. The van der Waals surface area contributed by atoms with Crippen LogP contribution in [-0.2, 0) is 44.9 Å². The molecule has 2 heterocycles. The minimum atomic E-state index is -0.0174. The number of hydrogen-bond acceptors (Lipinski definition) is 16. The van der Waals surface area contributed by atoms with Crippen molar-refractivity contribution >= 4 is 47.1 Å². The molecule has 2 fully saturated rings. The molecule has 620 valence electrons. The molecule has 23 nitrogen and oxygen atoms in total. The first-order valence-corrected chi connectivity index (χ1v) is 40.3. The fourth-order valence-corrected chi connectivity index (χ4v) is 12.6. The predicted octanol–water partition coefficient (Wildman–Crippen LogP) is 9.68. The van der Waals surface area contributed by atoms with E-state index in [-0.39, 0.29) is 53.8 Å². The molecule has 3 rings (SSSR count). The highest BCUT2D eigenvalue weighted by Crippen LogP contribution is 2.20. The van der Waals surface area contributed by atoms with E-state index in [0.29, 0.717) is 106 Å². The summed E-state index contributed by atoms with van der Waals surface area (Å²) in [5, 5.41) is 5.55. The van der Waals surface area contributed by atoms with E-state index in [9.17, 15) is 38.4 Å². The van der Waals surface area contributed by atoms with E-state index < -0.39 is 0 Å². The Bertz CT molecular complexity index is 2470. The van der Waals surface area contributed by atoms with Gasteiger partial charge in [-0.05, 0) is 165 Å². The molecule has 0 bridgehead atoms. The number of carbonyl (C=O) groups excluding carboxylic acids is 8. The summed E-state index contributed by atoms with van der Waals surface area (Å²) in [5.41, 5.74) is 1.11. The molecule has 106 heavy (non-hydrogen) atoms. The van der Waals surface area contributed by atoms with Gasteiger partial charge in [0, 0.05) is 133 Å². The third kappa shape index (κ3) is 59.6.